The molecular weight excluding hydrogens is 441 g/mol. The van der Waals surface area contributed by atoms with Crippen molar-refractivity contribution < 1.29 is 22.7 Å². The lowest BCUT2D eigenvalue weighted by Gasteiger charge is -2.11. The van der Waals surface area contributed by atoms with E-state index < -0.39 is 17.6 Å². The van der Waals surface area contributed by atoms with Crippen LogP contribution in [0.1, 0.15) is 21.5 Å². The van der Waals surface area contributed by atoms with Crippen LogP contribution in [0, 0.1) is 0 Å². The molecule has 4 aromatic carbocycles. The zero-order valence-electron chi connectivity index (χ0n) is 17.8. The number of rotatable bonds is 5. The van der Waals surface area contributed by atoms with Gasteiger partial charge in [-0.05, 0) is 54.1 Å². The lowest BCUT2D eigenvalue weighted by Crippen LogP contribution is -2.11. The van der Waals surface area contributed by atoms with Crippen LogP contribution in [0.4, 0.5) is 13.2 Å². The Morgan fingerprint density at radius 3 is 2.21 bits per heavy atom. The van der Waals surface area contributed by atoms with Crippen molar-refractivity contribution in [2.75, 3.05) is 0 Å². The molecule has 0 aliphatic heterocycles. The number of nitrogens with zero attached hydrogens (tertiary/aromatic N) is 1. The number of carbonyl (C=O) groups is 1. The molecule has 1 heterocycles. The molecule has 0 bridgehead atoms. The Kier molecular flexibility index (Phi) is 5.24. The van der Waals surface area contributed by atoms with Gasteiger partial charge in [-0.1, -0.05) is 42.5 Å². The molecule has 4 nitrogen and oxygen atoms in total. The van der Waals surface area contributed by atoms with E-state index in [9.17, 15) is 18.0 Å². The van der Waals surface area contributed by atoms with Crippen molar-refractivity contribution in [1.82, 2.24) is 4.57 Å². The molecule has 0 unspecified atom stereocenters. The Morgan fingerprint density at radius 2 is 1.53 bits per heavy atom. The van der Waals surface area contributed by atoms with E-state index >= 15 is 0 Å². The van der Waals surface area contributed by atoms with Gasteiger partial charge >= 0.3 is 6.18 Å². The fourth-order valence-corrected chi connectivity index (χ4v) is 4.17. The van der Waals surface area contributed by atoms with Crippen LogP contribution < -0.4 is 10.5 Å². The predicted octanol–water partition coefficient (Wildman–Crippen LogP) is 6.75. The van der Waals surface area contributed by atoms with E-state index in [0.29, 0.717) is 39.8 Å². The molecule has 170 valence electrons. The second-order valence-corrected chi connectivity index (χ2v) is 7.94. The van der Waals surface area contributed by atoms with Gasteiger partial charge in [0.2, 0.25) is 5.91 Å². The Hall–Kier alpha value is -4.26. The molecule has 0 fully saturated rings. The molecular formula is C27H19F3N2O2. The van der Waals surface area contributed by atoms with Crippen molar-refractivity contribution in [3.05, 3.63) is 108 Å². The van der Waals surface area contributed by atoms with Crippen molar-refractivity contribution >= 4 is 27.7 Å². The van der Waals surface area contributed by atoms with Crippen LogP contribution in [0.2, 0.25) is 0 Å². The first-order chi connectivity index (χ1) is 16.3. The van der Waals surface area contributed by atoms with Crippen molar-refractivity contribution in [1.29, 1.82) is 0 Å². The summed E-state index contributed by atoms with van der Waals surface area (Å²) in [5.74, 6) is 0.718. The van der Waals surface area contributed by atoms with Crippen molar-refractivity contribution in [3.63, 3.8) is 0 Å². The summed E-state index contributed by atoms with van der Waals surface area (Å²) in [4.78, 5) is 12.1. The van der Waals surface area contributed by atoms with Gasteiger partial charge in [-0.25, -0.2) is 0 Å². The molecule has 34 heavy (non-hydrogen) atoms. The quantitative estimate of drug-likeness (QED) is 0.315. The molecule has 0 spiro atoms. The van der Waals surface area contributed by atoms with E-state index in [4.69, 9.17) is 10.5 Å². The number of amides is 1. The third-order valence-electron chi connectivity index (χ3n) is 5.73. The summed E-state index contributed by atoms with van der Waals surface area (Å²) in [6.07, 6.45) is -4.49. The number of fused-ring (bicyclic) bond motifs is 3. The Balaban J connectivity index is 1.60. The minimum Gasteiger partial charge on any atom is -0.457 e. The maximum Gasteiger partial charge on any atom is 0.416 e. The summed E-state index contributed by atoms with van der Waals surface area (Å²) in [5.41, 5.74) is 6.96. The normalized spacial score (nSPS) is 11.7. The molecule has 0 radical (unpaired) electrons. The van der Waals surface area contributed by atoms with Gasteiger partial charge in [-0.15, -0.1) is 0 Å². The standard InChI is InChI=1S/C27H19F3N2O2/c28-27(29,30)18-11-14-21-24(15-18)32(23-8-4-7-22(25(21)23)26(31)33)16-17-9-12-20(13-10-17)34-19-5-2-1-3-6-19/h1-15H,16H2,(H2,31,33). The van der Waals surface area contributed by atoms with Crippen LogP contribution in [-0.4, -0.2) is 10.5 Å². The number of halogens is 3. The number of alkyl halides is 3. The number of para-hydroxylation sites is 1. The van der Waals surface area contributed by atoms with Crippen LogP contribution in [0.5, 0.6) is 11.5 Å². The molecule has 0 saturated carbocycles. The van der Waals surface area contributed by atoms with Gasteiger partial charge in [0.25, 0.3) is 0 Å². The molecule has 5 aromatic rings. The number of benzene rings is 4. The maximum atomic E-state index is 13.5. The van der Waals surface area contributed by atoms with Gasteiger partial charge in [0.1, 0.15) is 11.5 Å². The van der Waals surface area contributed by atoms with Crippen molar-refractivity contribution in [2.24, 2.45) is 5.73 Å². The highest BCUT2D eigenvalue weighted by Crippen LogP contribution is 2.37. The number of nitrogens with two attached hydrogens (primary N) is 1. The van der Waals surface area contributed by atoms with E-state index in [0.717, 1.165) is 17.7 Å². The first-order valence-corrected chi connectivity index (χ1v) is 10.5. The van der Waals surface area contributed by atoms with Crippen molar-refractivity contribution in [2.45, 2.75) is 12.7 Å². The zero-order chi connectivity index (χ0) is 23.9. The summed E-state index contributed by atoms with van der Waals surface area (Å²) in [5, 5.41) is 1.09. The molecule has 0 saturated heterocycles. The number of ether oxygens (including phenoxy) is 1. The summed E-state index contributed by atoms with van der Waals surface area (Å²) in [6, 6.07) is 25.3. The highest BCUT2D eigenvalue weighted by Gasteiger charge is 2.31. The Labute approximate surface area is 193 Å². The van der Waals surface area contributed by atoms with E-state index in [1.807, 2.05) is 54.6 Å². The van der Waals surface area contributed by atoms with Crippen LogP contribution in [0.3, 0.4) is 0 Å². The Bertz CT molecular complexity index is 1510. The van der Waals surface area contributed by atoms with Crippen molar-refractivity contribution in [3.8, 4) is 11.5 Å². The second-order valence-electron chi connectivity index (χ2n) is 7.94. The highest BCUT2D eigenvalue weighted by atomic mass is 19.4. The molecule has 1 amide bonds. The number of hydrogen-bond acceptors (Lipinski definition) is 2. The third kappa shape index (κ3) is 3.96. The van der Waals surface area contributed by atoms with Gasteiger partial charge in [-0.3, -0.25) is 4.79 Å². The maximum absolute atomic E-state index is 13.5. The third-order valence-corrected chi connectivity index (χ3v) is 5.73. The molecule has 0 atom stereocenters. The summed E-state index contributed by atoms with van der Waals surface area (Å²) >= 11 is 0. The number of primary amides is 1. The monoisotopic (exact) mass is 460 g/mol. The van der Waals surface area contributed by atoms with Gasteiger partial charge in [-0.2, -0.15) is 13.2 Å². The smallest absolute Gasteiger partial charge is 0.416 e. The average Bonchev–Trinajstić information content (AvgIpc) is 3.13. The van der Waals surface area contributed by atoms with E-state index in [2.05, 4.69) is 0 Å². The topological polar surface area (TPSA) is 57.2 Å². The van der Waals surface area contributed by atoms with Gasteiger partial charge in [0.15, 0.2) is 0 Å². The van der Waals surface area contributed by atoms with Crippen LogP contribution in [0.15, 0.2) is 91.0 Å². The molecule has 1 aromatic heterocycles. The fraction of sp³-hybridized carbons (Fsp3) is 0.0741. The first-order valence-electron chi connectivity index (χ1n) is 10.5. The minimum atomic E-state index is -4.49. The highest BCUT2D eigenvalue weighted by molar-refractivity contribution is 6.18. The van der Waals surface area contributed by atoms with E-state index in [1.165, 1.54) is 6.07 Å². The average molecular weight is 460 g/mol. The number of hydrogen-bond donors (Lipinski definition) is 1. The van der Waals surface area contributed by atoms with Gasteiger partial charge in [0.05, 0.1) is 16.6 Å². The summed E-state index contributed by atoms with van der Waals surface area (Å²) in [7, 11) is 0. The summed E-state index contributed by atoms with van der Waals surface area (Å²) in [6.45, 7) is 0.301. The summed E-state index contributed by atoms with van der Waals surface area (Å²) < 4.78 is 48.0. The largest absolute Gasteiger partial charge is 0.457 e. The van der Waals surface area contributed by atoms with E-state index in [1.54, 1.807) is 22.8 Å². The minimum absolute atomic E-state index is 0.271. The molecule has 5 rings (SSSR count). The number of aromatic nitrogens is 1. The fourth-order valence-electron chi connectivity index (χ4n) is 4.17. The zero-order valence-corrected chi connectivity index (χ0v) is 17.8. The SMILES string of the molecule is NC(=O)c1cccc2c1c1ccc(C(F)(F)F)cc1n2Cc1ccc(Oc2ccccc2)cc1. The molecule has 0 aliphatic rings. The Morgan fingerprint density at radius 1 is 0.824 bits per heavy atom. The van der Waals surface area contributed by atoms with Crippen LogP contribution in [-0.2, 0) is 12.7 Å². The van der Waals surface area contributed by atoms with Crippen LogP contribution >= 0.6 is 0 Å². The number of carbonyl (C=O) groups excluding carboxylic acids is 1. The lowest BCUT2D eigenvalue weighted by atomic mass is 10.0. The molecule has 0 aliphatic carbocycles. The molecule has 2 N–H and O–H groups in total. The second kappa shape index (κ2) is 8.26. The molecule has 7 heteroatoms. The van der Waals surface area contributed by atoms with Gasteiger partial charge < -0.3 is 15.0 Å². The predicted molar refractivity (Wildman–Crippen MR) is 125 cm³/mol. The van der Waals surface area contributed by atoms with Gasteiger partial charge in [0, 0.05) is 22.9 Å². The first kappa shape index (κ1) is 21.6. The lowest BCUT2D eigenvalue weighted by molar-refractivity contribution is -0.137. The van der Waals surface area contributed by atoms with E-state index in [-0.39, 0.29) is 5.56 Å². The van der Waals surface area contributed by atoms with Crippen LogP contribution in [0.25, 0.3) is 21.8 Å².